The number of carbonyl (C=O) groups is 4. The molecule has 0 saturated carbocycles. The van der Waals surface area contributed by atoms with E-state index in [0.29, 0.717) is 135 Å². The van der Waals surface area contributed by atoms with E-state index in [4.69, 9.17) is 58.5 Å². The molecule has 2 aromatic heterocycles. The molecule has 3 heterocycles. The fourth-order valence-corrected chi connectivity index (χ4v) is 10.3. The van der Waals surface area contributed by atoms with Gasteiger partial charge in [-0.05, 0) is 131 Å². The summed E-state index contributed by atoms with van der Waals surface area (Å²) in [5.41, 5.74) is 4.51. The smallest absolute Gasteiger partial charge is 0.325 e. The maximum absolute atomic E-state index is 14.1. The van der Waals surface area contributed by atoms with Gasteiger partial charge in [0.05, 0.1) is 80.6 Å². The molecule has 1 fully saturated rings. The molecule has 24 heteroatoms. The van der Waals surface area contributed by atoms with Gasteiger partial charge < -0.3 is 53.9 Å². The normalized spacial score (nSPS) is 13.1. The number of carbonyl (C=O) groups excluding carboxylic acids is 4. The number of anilines is 2. The van der Waals surface area contributed by atoms with Crippen LogP contribution < -0.4 is 25.4 Å². The lowest BCUT2D eigenvalue weighted by molar-refractivity contribution is -0.143. The molecule has 20 nitrogen and oxygen atoms in total. The van der Waals surface area contributed by atoms with E-state index in [1.54, 1.807) is 69.6 Å². The lowest BCUT2D eigenvalue weighted by atomic mass is 9.99. The van der Waals surface area contributed by atoms with Gasteiger partial charge in [-0.15, -0.1) is 29.6 Å². The summed E-state index contributed by atoms with van der Waals surface area (Å²) in [6.07, 6.45) is 5.97. The molecule has 5 amide bonds. The Morgan fingerprint density at radius 2 is 1.40 bits per heavy atom. The van der Waals surface area contributed by atoms with Crippen molar-refractivity contribution < 1.29 is 42.9 Å². The summed E-state index contributed by atoms with van der Waals surface area (Å²) < 4.78 is 30.9. The highest BCUT2D eigenvalue weighted by atomic mass is 35.5. The van der Waals surface area contributed by atoms with E-state index in [9.17, 15) is 19.2 Å². The Morgan fingerprint density at radius 3 is 2.11 bits per heavy atom. The number of halogens is 3. The van der Waals surface area contributed by atoms with E-state index >= 15 is 0 Å². The van der Waals surface area contributed by atoms with Crippen molar-refractivity contribution in [2.75, 3.05) is 117 Å². The SMILES string of the molecule is C=C.CCC(C)N(C(=O)CCc1ccc(OCCCCN(C)CCOCCOCCc2cn(CCOCCOc3ccc(NC(=O)Nc4nc(CC(=O)N5CCN(C)CC5)cs4)cc3)nn2)cc1)C(C(=O)NCc1ccc(Cl)cc1)c1ccc(Cl)c(Cl)c1. The molecule has 7 rings (SSSR count). The van der Waals surface area contributed by atoms with Gasteiger partial charge in [0.1, 0.15) is 24.1 Å². The molecule has 0 bridgehead atoms. The van der Waals surface area contributed by atoms with Crippen LogP contribution in [0.1, 0.15) is 73.7 Å². The molecule has 3 N–H and O–H groups in total. The van der Waals surface area contributed by atoms with E-state index in [1.807, 2.05) is 68.4 Å². The number of likely N-dealkylation sites (N-methyl/N-ethyl adjacent to an activating group) is 2. The topological polar surface area (TPSA) is 207 Å². The lowest BCUT2D eigenvalue weighted by Crippen LogP contribution is -2.47. The summed E-state index contributed by atoms with van der Waals surface area (Å²) in [6, 6.07) is 25.6. The lowest BCUT2D eigenvalue weighted by Gasteiger charge is -2.36. The van der Waals surface area contributed by atoms with Crippen molar-refractivity contribution in [1.29, 1.82) is 0 Å². The molecule has 0 spiro atoms. The molecule has 4 aromatic carbocycles. The molecule has 476 valence electrons. The molecular weight excluding hydrogens is 1210 g/mol. The standard InChI is InChI=1S/C62H80Cl3N11O9S.C2H4/c1-5-45(2)76(59(48-13-22-55(64)56(65)40-48)60(79)66-42-47-8-14-49(63)15-9-47)57(77)23-12-46-10-18-53(19-11-46)84-32-7-6-25-72(3)30-34-82-37-36-81-33-24-51-43-75(71-70-51)31-35-83-38-39-85-54-20-16-50(17-21-54)67-61(80)69-62-68-52(44-86-62)41-58(78)74-28-26-73(4)27-29-74;1-2/h8-11,13-22,40,43-45,59H,5-7,12,23-39,41-42H2,1-4H3,(H,66,79)(H2,67,68,69,80);1-2H2. The van der Waals surface area contributed by atoms with Crippen molar-refractivity contribution in [1.82, 2.24) is 44.9 Å². The maximum Gasteiger partial charge on any atom is 0.325 e. The van der Waals surface area contributed by atoms with Gasteiger partial charge in [-0.25, -0.2) is 14.5 Å². The molecule has 1 saturated heterocycles. The zero-order valence-corrected chi connectivity index (χ0v) is 54.0. The van der Waals surface area contributed by atoms with Crippen LogP contribution >= 0.6 is 46.1 Å². The molecule has 2 atom stereocenters. The Bertz CT molecular complexity index is 3040. The number of amides is 5. The number of rotatable bonds is 36. The largest absolute Gasteiger partial charge is 0.494 e. The van der Waals surface area contributed by atoms with Gasteiger partial charge in [-0.1, -0.05) is 77.3 Å². The summed E-state index contributed by atoms with van der Waals surface area (Å²) in [5.74, 6) is 0.997. The summed E-state index contributed by atoms with van der Waals surface area (Å²) in [6.45, 7) is 19.5. The third-order valence-corrected chi connectivity index (χ3v) is 16.2. The predicted octanol–water partition coefficient (Wildman–Crippen LogP) is 10.5. The van der Waals surface area contributed by atoms with E-state index in [2.05, 4.69) is 61.3 Å². The number of benzene rings is 4. The zero-order valence-electron chi connectivity index (χ0n) is 50.9. The summed E-state index contributed by atoms with van der Waals surface area (Å²) in [4.78, 5) is 65.8. The van der Waals surface area contributed by atoms with Gasteiger partial charge >= 0.3 is 6.03 Å². The first-order valence-electron chi connectivity index (χ1n) is 29.7. The first-order valence-corrected chi connectivity index (χ1v) is 31.7. The highest BCUT2D eigenvalue weighted by Crippen LogP contribution is 2.32. The third-order valence-electron chi connectivity index (χ3n) is 14.4. The number of nitrogens with one attached hydrogen (secondary N) is 3. The number of urea groups is 1. The molecular formula is C64H84Cl3N11O9S. The van der Waals surface area contributed by atoms with Gasteiger partial charge in [-0.2, -0.15) is 0 Å². The van der Waals surface area contributed by atoms with Crippen LogP contribution in [0.5, 0.6) is 11.5 Å². The number of thiazole rings is 1. The second-order valence-corrected chi connectivity index (χ2v) is 23.1. The van der Waals surface area contributed by atoms with Gasteiger partial charge in [0.15, 0.2) is 5.13 Å². The van der Waals surface area contributed by atoms with E-state index < -0.39 is 12.1 Å². The van der Waals surface area contributed by atoms with Crippen molar-refractivity contribution in [2.45, 2.75) is 84.0 Å². The van der Waals surface area contributed by atoms with Gasteiger partial charge in [0, 0.05) is 80.4 Å². The molecule has 1 aliphatic rings. The molecule has 88 heavy (non-hydrogen) atoms. The number of aromatic nitrogens is 4. The van der Waals surface area contributed by atoms with Crippen LogP contribution in [-0.2, 0) is 60.9 Å². The molecule has 2 unspecified atom stereocenters. The van der Waals surface area contributed by atoms with Crippen molar-refractivity contribution >= 4 is 80.7 Å². The predicted molar refractivity (Wildman–Crippen MR) is 348 cm³/mol. The fourth-order valence-electron chi connectivity index (χ4n) is 9.19. The number of piperazine rings is 1. The van der Waals surface area contributed by atoms with Crippen LogP contribution in [0.4, 0.5) is 15.6 Å². The van der Waals surface area contributed by atoms with E-state index in [0.717, 1.165) is 61.6 Å². The van der Waals surface area contributed by atoms with Crippen LogP contribution in [0.2, 0.25) is 15.1 Å². The number of nitrogens with zero attached hydrogens (tertiary/aromatic N) is 8. The van der Waals surface area contributed by atoms with Crippen LogP contribution in [0.15, 0.2) is 116 Å². The molecule has 6 aromatic rings. The zero-order chi connectivity index (χ0) is 63.0. The minimum Gasteiger partial charge on any atom is -0.494 e. The molecule has 1 aliphatic heterocycles. The van der Waals surface area contributed by atoms with Crippen molar-refractivity contribution in [3.63, 3.8) is 0 Å². The van der Waals surface area contributed by atoms with Crippen molar-refractivity contribution in [3.05, 3.63) is 159 Å². The second-order valence-electron chi connectivity index (χ2n) is 21.0. The Morgan fingerprint density at radius 1 is 0.727 bits per heavy atom. The summed E-state index contributed by atoms with van der Waals surface area (Å²) in [5, 5.41) is 20.5. The Balaban J connectivity index is 0.00000611. The minimum absolute atomic E-state index is 0.0448. The maximum atomic E-state index is 14.1. The Kier molecular flexibility index (Phi) is 31.0. The molecule has 0 radical (unpaired) electrons. The monoisotopic (exact) mass is 1290 g/mol. The number of unbranched alkanes of at least 4 members (excludes halogenated alkanes) is 1. The van der Waals surface area contributed by atoms with Gasteiger partial charge in [0.2, 0.25) is 17.7 Å². The molecule has 0 aliphatic carbocycles. The Labute approximate surface area is 536 Å². The number of aryl methyl sites for hydroxylation is 1. The summed E-state index contributed by atoms with van der Waals surface area (Å²) in [7, 11) is 4.13. The van der Waals surface area contributed by atoms with Crippen molar-refractivity contribution in [3.8, 4) is 11.5 Å². The first-order chi connectivity index (χ1) is 42.7. The van der Waals surface area contributed by atoms with Crippen LogP contribution in [0, 0.1) is 0 Å². The summed E-state index contributed by atoms with van der Waals surface area (Å²) >= 11 is 20.1. The number of hydrogen-bond donors (Lipinski definition) is 3. The van der Waals surface area contributed by atoms with Crippen LogP contribution in [-0.4, -0.2) is 176 Å². The average molecular weight is 1290 g/mol. The number of ether oxygens (including phenoxy) is 5. The Hall–Kier alpha value is -6.66. The quantitative estimate of drug-likeness (QED) is 0.0247. The first kappa shape index (κ1) is 70.4. The average Bonchev–Trinajstić information content (AvgIpc) is 4.40. The highest BCUT2D eigenvalue weighted by molar-refractivity contribution is 7.14. The fraction of sp³-hybridized carbons (Fsp3) is 0.453. The van der Waals surface area contributed by atoms with Crippen molar-refractivity contribution in [2.24, 2.45) is 0 Å². The van der Waals surface area contributed by atoms with E-state index in [-0.39, 0.29) is 43.1 Å². The number of hydrogen-bond acceptors (Lipinski definition) is 15. The second kappa shape index (κ2) is 38.7. The van der Waals surface area contributed by atoms with Crippen LogP contribution in [0.3, 0.4) is 0 Å². The highest BCUT2D eigenvalue weighted by Gasteiger charge is 2.34. The van der Waals surface area contributed by atoms with Gasteiger partial charge in [0.25, 0.3) is 0 Å². The van der Waals surface area contributed by atoms with E-state index in [1.165, 1.54) is 11.3 Å². The minimum atomic E-state index is -0.921. The third kappa shape index (κ3) is 24.7. The van der Waals surface area contributed by atoms with Gasteiger partial charge in [-0.3, -0.25) is 19.7 Å². The van der Waals surface area contributed by atoms with Crippen LogP contribution in [0.25, 0.3) is 0 Å².